The van der Waals surface area contributed by atoms with E-state index in [-0.39, 0.29) is 18.4 Å². The molecule has 0 aromatic heterocycles. The van der Waals surface area contributed by atoms with Gasteiger partial charge in [-0.15, -0.1) is 0 Å². The third-order valence-electron chi connectivity index (χ3n) is 2.90. The Kier molecular flexibility index (Phi) is 3.47. The largest absolute Gasteiger partial charge is 0.479 e. The Morgan fingerprint density at radius 1 is 1.44 bits per heavy atom. The van der Waals surface area contributed by atoms with Gasteiger partial charge >= 0.3 is 5.97 Å². The number of amides is 1. The lowest BCUT2D eigenvalue weighted by Crippen LogP contribution is -2.39. The Labute approximate surface area is 104 Å². The summed E-state index contributed by atoms with van der Waals surface area (Å²) < 4.78 is 0. The highest BCUT2D eigenvalue weighted by Gasteiger charge is 2.28. The number of rotatable bonds is 4. The monoisotopic (exact) mass is 250 g/mol. The van der Waals surface area contributed by atoms with Gasteiger partial charge in [0.1, 0.15) is 0 Å². The van der Waals surface area contributed by atoms with Gasteiger partial charge in [-0.1, -0.05) is 18.2 Å². The van der Waals surface area contributed by atoms with Gasteiger partial charge in [-0.3, -0.25) is 4.79 Å². The van der Waals surface area contributed by atoms with E-state index in [0.29, 0.717) is 6.54 Å². The van der Waals surface area contributed by atoms with Crippen molar-refractivity contribution in [2.24, 2.45) is 0 Å². The molecule has 6 heteroatoms. The quantitative estimate of drug-likeness (QED) is 0.591. The van der Waals surface area contributed by atoms with Crippen molar-refractivity contribution in [2.45, 2.75) is 12.0 Å². The minimum absolute atomic E-state index is 0.284. The fourth-order valence-corrected chi connectivity index (χ4v) is 1.93. The third kappa shape index (κ3) is 2.43. The summed E-state index contributed by atoms with van der Waals surface area (Å²) in [7, 11) is 0. The molecule has 96 valence electrons. The number of para-hydroxylation sites is 1. The second kappa shape index (κ2) is 5.05. The second-order valence-electron chi connectivity index (χ2n) is 4.12. The Morgan fingerprint density at radius 3 is 2.89 bits per heavy atom. The maximum absolute atomic E-state index is 11.9. The van der Waals surface area contributed by atoms with Crippen LogP contribution in [0.5, 0.6) is 0 Å². The van der Waals surface area contributed by atoms with Crippen LogP contribution in [-0.2, 0) is 9.59 Å². The van der Waals surface area contributed by atoms with Crippen LogP contribution in [-0.4, -0.2) is 41.3 Å². The van der Waals surface area contributed by atoms with Crippen LogP contribution < -0.4 is 10.6 Å². The van der Waals surface area contributed by atoms with Gasteiger partial charge < -0.3 is 20.8 Å². The van der Waals surface area contributed by atoms with E-state index in [1.807, 2.05) is 24.3 Å². The number of carboxylic acids is 1. The molecule has 1 amide bonds. The molecule has 0 saturated carbocycles. The van der Waals surface area contributed by atoms with E-state index in [1.54, 1.807) is 0 Å². The molecule has 6 nitrogen and oxygen atoms in total. The van der Waals surface area contributed by atoms with E-state index in [4.69, 9.17) is 10.2 Å². The molecule has 1 aromatic carbocycles. The fraction of sp³-hybridized carbons (Fsp3) is 0.333. The lowest BCUT2D eigenvalue weighted by molar-refractivity contribution is -0.146. The summed E-state index contributed by atoms with van der Waals surface area (Å²) in [6, 6.07) is 7.46. The smallest absolute Gasteiger partial charge is 0.334 e. The SMILES string of the molecule is O=C(O)C(O)CNC(=O)C1CNc2ccccc21. The topological polar surface area (TPSA) is 98.7 Å². The Hall–Kier alpha value is -2.08. The molecule has 2 unspecified atom stereocenters. The molecule has 0 bridgehead atoms. The van der Waals surface area contributed by atoms with Gasteiger partial charge in [0.2, 0.25) is 5.91 Å². The van der Waals surface area contributed by atoms with Crippen LogP contribution in [0.1, 0.15) is 11.5 Å². The van der Waals surface area contributed by atoms with Gasteiger partial charge in [0.25, 0.3) is 0 Å². The average Bonchev–Trinajstić information content (AvgIpc) is 2.79. The number of carboxylic acid groups (broad SMARTS) is 1. The molecule has 4 N–H and O–H groups in total. The first kappa shape index (κ1) is 12.4. The van der Waals surface area contributed by atoms with Crippen molar-refractivity contribution < 1.29 is 19.8 Å². The molecule has 0 radical (unpaired) electrons. The zero-order chi connectivity index (χ0) is 13.1. The van der Waals surface area contributed by atoms with E-state index in [1.165, 1.54) is 0 Å². The highest BCUT2D eigenvalue weighted by atomic mass is 16.4. The number of carbonyl (C=O) groups is 2. The van der Waals surface area contributed by atoms with E-state index in [2.05, 4.69) is 10.6 Å². The summed E-state index contributed by atoms with van der Waals surface area (Å²) in [4.78, 5) is 22.3. The number of benzene rings is 1. The first-order chi connectivity index (χ1) is 8.59. The van der Waals surface area contributed by atoms with Gasteiger partial charge in [-0.25, -0.2) is 4.79 Å². The van der Waals surface area contributed by atoms with Crippen LogP contribution in [0.2, 0.25) is 0 Å². The summed E-state index contributed by atoms with van der Waals surface area (Å²) in [6.07, 6.45) is -1.57. The van der Waals surface area contributed by atoms with Gasteiger partial charge in [-0.2, -0.15) is 0 Å². The van der Waals surface area contributed by atoms with E-state index >= 15 is 0 Å². The number of hydrogen-bond donors (Lipinski definition) is 4. The normalized spacial score (nSPS) is 18.6. The maximum atomic E-state index is 11.9. The van der Waals surface area contributed by atoms with Gasteiger partial charge in [0.15, 0.2) is 6.10 Å². The molecule has 0 spiro atoms. The highest BCUT2D eigenvalue weighted by molar-refractivity contribution is 5.88. The first-order valence-electron chi connectivity index (χ1n) is 5.61. The molecule has 0 fully saturated rings. The van der Waals surface area contributed by atoms with Crippen LogP contribution in [0.4, 0.5) is 5.69 Å². The zero-order valence-electron chi connectivity index (χ0n) is 9.59. The molecule has 2 atom stereocenters. The highest BCUT2D eigenvalue weighted by Crippen LogP contribution is 2.30. The third-order valence-corrected chi connectivity index (χ3v) is 2.90. The van der Waals surface area contributed by atoms with Crippen molar-refractivity contribution in [3.05, 3.63) is 29.8 Å². The van der Waals surface area contributed by atoms with E-state index < -0.39 is 12.1 Å². The number of fused-ring (bicyclic) bond motifs is 1. The first-order valence-corrected chi connectivity index (χ1v) is 5.61. The van der Waals surface area contributed by atoms with Crippen molar-refractivity contribution in [3.63, 3.8) is 0 Å². The number of aliphatic hydroxyl groups is 1. The van der Waals surface area contributed by atoms with Crippen molar-refractivity contribution >= 4 is 17.6 Å². The number of nitrogens with one attached hydrogen (secondary N) is 2. The molecule has 1 aliphatic heterocycles. The number of anilines is 1. The predicted molar refractivity (Wildman–Crippen MR) is 64.3 cm³/mol. The fourth-order valence-electron chi connectivity index (χ4n) is 1.93. The summed E-state index contributed by atoms with van der Waals surface area (Å²) in [5.74, 6) is -1.98. The zero-order valence-corrected chi connectivity index (χ0v) is 9.59. The van der Waals surface area contributed by atoms with Crippen molar-refractivity contribution in [3.8, 4) is 0 Å². The average molecular weight is 250 g/mol. The van der Waals surface area contributed by atoms with Crippen LogP contribution >= 0.6 is 0 Å². The van der Waals surface area contributed by atoms with Gasteiger partial charge in [-0.05, 0) is 11.6 Å². The summed E-state index contributed by atoms with van der Waals surface area (Å²) in [6.45, 7) is 0.196. The second-order valence-corrected chi connectivity index (χ2v) is 4.12. The van der Waals surface area contributed by atoms with Crippen LogP contribution in [0.25, 0.3) is 0 Å². The van der Waals surface area contributed by atoms with Crippen LogP contribution in [0.15, 0.2) is 24.3 Å². The summed E-state index contributed by atoms with van der Waals surface area (Å²) in [5.41, 5.74) is 1.80. The van der Waals surface area contributed by atoms with Crippen molar-refractivity contribution in [2.75, 3.05) is 18.4 Å². The van der Waals surface area contributed by atoms with Gasteiger partial charge in [0.05, 0.1) is 12.5 Å². The molecular formula is C12H14N2O4. The van der Waals surface area contributed by atoms with Gasteiger partial charge in [0, 0.05) is 12.2 Å². The minimum Gasteiger partial charge on any atom is -0.479 e. The standard InChI is InChI=1S/C12H14N2O4/c15-10(12(17)18)6-14-11(16)8-5-13-9-4-2-1-3-7(8)9/h1-4,8,10,13,15H,5-6H2,(H,14,16)(H,17,18). The maximum Gasteiger partial charge on any atom is 0.334 e. The number of aliphatic carboxylic acids is 1. The van der Waals surface area contributed by atoms with Crippen LogP contribution in [0, 0.1) is 0 Å². The van der Waals surface area contributed by atoms with Crippen molar-refractivity contribution in [1.29, 1.82) is 0 Å². The Morgan fingerprint density at radius 2 is 2.17 bits per heavy atom. The molecule has 1 aliphatic rings. The predicted octanol–water partition coefficient (Wildman–Crippen LogP) is -0.243. The van der Waals surface area contributed by atoms with E-state index in [9.17, 15) is 9.59 Å². The molecule has 0 aliphatic carbocycles. The molecule has 2 rings (SSSR count). The Bertz CT molecular complexity index is 475. The minimum atomic E-state index is -1.57. The molecule has 1 heterocycles. The molecular weight excluding hydrogens is 236 g/mol. The number of aliphatic hydroxyl groups excluding tert-OH is 1. The van der Waals surface area contributed by atoms with Crippen LogP contribution in [0.3, 0.4) is 0 Å². The van der Waals surface area contributed by atoms with E-state index in [0.717, 1.165) is 11.3 Å². The molecule has 0 saturated heterocycles. The molecule has 1 aromatic rings. The number of hydrogen-bond acceptors (Lipinski definition) is 4. The lowest BCUT2D eigenvalue weighted by atomic mass is 10.0. The number of carbonyl (C=O) groups excluding carboxylic acids is 1. The molecule has 18 heavy (non-hydrogen) atoms. The lowest BCUT2D eigenvalue weighted by Gasteiger charge is -2.12. The summed E-state index contributed by atoms with van der Waals surface area (Å²) in [5, 5.41) is 23.1. The Balaban J connectivity index is 1.97. The van der Waals surface area contributed by atoms with Crippen molar-refractivity contribution in [1.82, 2.24) is 5.32 Å². The summed E-state index contributed by atoms with van der Waals surface area (Å²) >= 11 is 0.